The maximum atomic E-state index is 11.9. The molecular weight excluding hydrogens is 296 g/mol. The molecule has 0 aliphatic heterocycles. The third-order valence-electron chi connectivity index (χ3n) is 2.57. The van der Waals surface area contributed by atoms with Gasteiger partial charge in [-0.1, -0.05) is 33.2 Å². The van der Waals surface area contributed by atoms with Gasteiger partial charge >= 0.3 is 0 Å². The predicted molar refractivity (Wildman–Crippen MR) is 71.3 cm³/mol. The van der Waals surface area contributed by atoms with Crippen LogP contribution in [-0.4, -0.2) is 11.1 Å². The van der Waals surface area contributed by atoms with Crippen molar-refractivity contribution in [1.29, 1.82) is 0 Å². The Hall–Kier alpha value is -1.62. The molecule has 0 bridgehead atoms. The maximum absolute atomic E-state index is 11.9. The third-order valence-corrected chi connectivity index (χ3v) is 3.10. The Morgan fingerprint density at radius 3 is 2.61 bits per heavy atom. The van der Waals surface area contributed by atoms with Crippen LogP contribution in [0.2, 0.25) is 0 Å². The second-order valence-electron chi connectivity index (χ2n) is 4.08. The lowest BCUT2D eigenvalue weighted by Gasteiger charge is -2.13. The molecule has 1 aromatic heterocycles. The first-order chi connectivity index (χ1) is 8.56. The molecule has 0 radical (unpaired) electrons. The van der Waals surface area contributed by atoms with Gasteiger partial charge in [-0.15, -0.1) is 0 Å². The largest absolute Gasteiger partial charge is 0.351 e. The van der Waals surface area contributed by atoms with Crippen molar-refractivity contribution in [2.24, 2.45) is 0 Å². The molecule has 18 heavy (non-hydrogen) atoms. The van der Waals surface area contributed by atoms with Gasteiger partial charge in [-0.2, -0.15) is 0 Å². The SMILES string of the molecule is Cc1cc(C(=O)N[C@H](C)c2ccc(Br)cc2)on1. The number of hydrogen-bond donors (Lipinski definition) is 1. The van der Waals surface area contributed by atoms with Crippen molar-refractivity contribution in [2.45, 2.75) is 19.9 Å². The Balaban J connectivity index is 2.05. The lowest BCUT2D eigenvalue weighted by atomic mass is 10.1. The molecule has 1 heterocycles. The van der Waals surface area contributed by atoms with Crippen molar-refractivity contribution in [3.63, 3.8) is 0 Å². The van der Waals surface area contributed by atoms with Crippen LogP contribution in [0.15, 0.2) is 39.3 Å². The van der Waals surface area contributed by atoms with Crippen molar-refractivity contribution in [1.82, 2.24) is 10.5 Å². The Kier molecular flexibility index (Phi) is 3.81. The molecule has 0 fully saturated rings. The van der Waals surface area contributed by atoms with Crippen LogP contribution in [0.4, 0.5) is 0 Å². The molecule has 1 atom stereocenters. The van der Waals surface area contributed by atoms with Gasteiger partial charge in [0.2, 0.25) is 5.76 Å². The molecular formula is C13H13BrN2O2. The van der Waals surface area contributed by atoms with Crippen molar-refractivity contribution >= 4 is 21.8 Å². The Morgan fingerprint density at radius 1 is 1.39 bits per heavy atom. The van der Waals surface area contributed by atoms with Crippen LogP contribution in [0.5, 0.6) is 0 Å². The van der Waals surface area contributed by atoms with E-state index in [2.05, 4.69) is 26.4 Å². The van der Waals surface area contributed by atoms with Gasteiger partial charge in [-0.05, 0) is 31.5 Å². The molecule has 5 heteroatoms. The van der Waals surface area contributed by atoms with E-state index in [1.165, 1.54) is 0 Å². The first-order valence-corrected chi connectivity index (χ1v) is 6.35. The van der Waals surface area contributed by atoms with Gasteiger partial charge in [0, 0.05) is 10.5 Å². The van der Waals surface area contributed by atoms with E-state index in [1.807, 2.05) is 31.2 Å². The minimum absolute atomic E-state index is 0.0870. The topological polar surface area (TPSA) is 55.1 Å². The minimum atomic E-state index is -0.258. The summed E-state index contributed by atoms with van der Waals surface area (Å²) in [5.41, 5.74) is 1.72. The average molecular weight is 309 g/mol. The lowest BCUT2D eigenvalue weighted by molar-refractivity contribution is 0.0902. The van der Waals surface area contributed by atoms with Crippen LogP contribution in [0.3, 0.4) is 0 Å². The summed E-state index contributed by atoms with van der Waals surface area (Å²) >= 11 is 3.37. The first kappa shape index (κ1) is 12.8. The number of nitrogens with one attached hydrogen (secondary N) is 1. The van der Waals surface area contributed by atoms with Crippen LogP contribution in [0.25, 0.3) is 0 Å². The molecule has 1 aromatic carbocycles. The molecule has 4 nitrogen and oxygen atoms in total. The van der Waals surface area contributed by atoms with Crippen molar-refractivity contribution in [3.8, 4) is 0 Å². The number of amides is 1. The molecule has 0 saturated carbocycles. The van der Waals surface area contributed by atoms with Crippen LogP contribution in [0, 0.1) is 6.92 Å². The van der Waals surface area contributed by atoms with E-state index in [1.54, 1.807) is 13.0 Å². The number of aromatic nitrogens is 1. The van der Waals surface area contributed by atoms with Gasteiger partial charge in [0.05, 0.1) is 11.7 Å². The zero-order valence-corrected chi connectivity index (χ0v) is 11.7. The number of aryl methyl sites for hydroxylation is 1. The molecule has 2 rings (SSSR count). The molecule has 1 amide bonds. The highest BCUT2D eigenvalue weighted by Gasteiger charge is 2.15. The highest BCUT2D eigenvalue weighted by Crippen LogP contribution is 2.17. The molecule has 1 N–H and O–H groups in total. The summed E-state index contributed by atoms with van der Waals surface area (Å²) in [6.45, 7) is 3.70. The summed E-state index contributed by atoms with van der Waals surface area (Å²) in [5.74, 6) is -0.0255. The van der Waals surface area contributed by atoms with Crippen LogP contribution >= 0.6 is 15.9 Å². The highest BCUT2D eigenvalue weighted by molar-refractivity contribution is 9.10. The Morgan fingerprint density at radius 2 is 2.06 bits per heavy atom. The summed E-state index contributed by atoms with van der Waals surface area (Å²) in [6, 6.07) is 9.33. The van der Waals surface area contributed by atoms with Crippen LogP contribution < -0.4 is 5.32 Å². The van der Waals surface area contributed by atoms with E-state index in [0.717, 1.165) is 10.0 Å². The van der Waals surface area contributed by atoms with Gasteiger partial charge < -0.3 is 9.84 Å². The predicted octanol–water partition coefficient (Wildman–Crippen LogP) is 3.24. The number of rotatable bonds is 3. The number of carbonyl (C=O) groups is 1. The number of hydrogen-bond acceptors (Lipinski definition) is 3. The molecule has 0 unspecified atom stereocenters. The quantitative estimate of drug-likeness (QED) is 0.947. The zero-order chi connectivity index (χ0) is 13.1. The fourth-order valence-corrected chi connectivity index (χ4v) is 1.84. The Labute approximate surface area is 113 Å². The molecule has 0 spiro atoms. The molecule has 0 saturated heterocycles. The van der Waals surface area contributed by atoms with Gasteiger partial charge in [-0.25, -0.2) is 0 Å². The van der Waals surface area contributed by atoms with E-state index in [4.69, 9.17) is 4.52 Å². The number of halogens is 1. The average Bonchev–Trinajstić information content (AvgIpc) is 2.76. The fraction of sp³-hybridized carbons (Fsp3) is 0.231. The number of carbonyl (C=O) groups excluding carboxylic acids is 1. The van der Waals surface area contributed by atoms with Crippen molar-refractivity contribution in [2.75, 3.05) is 0 Å². The van der Waals surface area contributed by atoms with Crippen molar-refractivity contribution < 1.29 is 9.32 Å². The van der Waals surface area contributed by atoms with Gasteiger partial charge in [0.15, 0.2) is 0 Å². The van der Waals surface area contributed by atoms with Crippen LogP contribution in [0.1, 0.15) is 34.8 Å². The van der Waals surface area contributed by atoms with Crippen molar-refractivity contribution in [3.05, 3.63) is 51.8 Å². The second kappa shape index (κ2) is 5.35. The normalized spacial score (nSPS) is 12.2. The Bertz CT molecular complexity index is 548. The highest BCUT2D eigenvalue weighted by atomic mass is 79.9. The van der Waals surface area contributed by atoms with E-state index < -0.39 is 0 Å². The fourth-order valence-electron chi connectivity index (χ4n) is 1.57. The van der Waals surface area contributed by atoms with Gasteiger partial charge in [-0.3, -0.25) is 4.79 Å². The second-order valence-corrected chi connectivity index (χ2v) is 4.99. The van der Waals surface area contributed by atoms with Gasteiger partial charge in [0.1, 0.15) is 0 Å². The minimum Gasteiger partial charge on any atom is -0.351 e. The van der Waals surface area contributed by atoms with E-state index in [0.29, 0.717) is 5.69 Å². The summed E-state index contributed by atoms with van der Waals surface area (Å²) < 4.78 is 5.92. The summed E-state index contributed by atoms with van der Waals surface area (Å²) in [5, 5.41) is 6.54. The smallest absolute Gasteiger partial charge is 0.290 e. The first-order valence-electron chi connectivity index (χ1n) is 5.56. The van der Waals surface area contributed by atoms with Crippen LogP contribution in [-0.2, 0) is 0 Å². The lowest BCUT2D eigenvalue weighted by Crippen LogP contribution is -2.26. The summed E-state index contributed by atoms with van der Waals surface area (Å²) in [7, 11) is 0. The molecule has 0 aliphatic rings. The zero-order valence-electron chi connectivity index (χ0n) is 10.1. The third kappa shape index (κ3) is 2.98. The standard InChI is InChI=1S/C13H13BrN2O2/c1-8-7-12(18-16-8)13(17)15-9(2)10-3-5-11(14)6-4-10/h3-7,9H,1-2H3,(H,15,17)/t9-/m1/s1. The molecule has 0 aliphatic carbocycles. The van der Waals surface area contributed by atoms with E-state index >= 15 is 0 Å². The van der Waals surface area contributed by atoms with E-state index in [-0.39, 0.29) is 17.7 Å². The summed E-state index contributed by atoms with van der Waals surface area (Å²) in [6.07, 6.45) is 0. The van der Waals surface area contributed by atoms with E-state index in [9.17, 15) is 4.79 Å². The maximum Gasteiger partial charge on any atom is 0.290 e. The molecule has 2 aromatic rings. The number of nitrogens with zero attached hydrogens (tertiary/aromatic N) is 1. The van der Waals surface area contributed by atoms with Gasteiger partial charge in [0.25, 0.3) is 5.91 Å². The summed E-state index contributed by atoms with van der Waals surface area (Å²) in [4.78, 5) is 11.9. The monoisotopic (exact) mass is 308 g/mol. The molecule has 94 valence electrons. The number of benzene rings is 1.